The van der Waals surface area contributed by atoms with Crippen LogP contribution < -0.4 is 0 Å². The van der Waals surface area contributed by atoms with Crippen LogP contribution in [-0.2, 0) is 0 Å². The van der Waals surface area contributed by atoms with E-state index in [9.17, 15) is 0 Å². The smallest absolute Gasteiger partial charge is 0.0650 e. The van der Waals surface area contributed by atoms with Crippen molar-refractivity contribution in [1.29, 1.82) is 0 Å². The number of rotatable bonds is 1. The van der Waals surface area contributed by atoms with Gasteiger partial charge in [-0.1, -0.05) is 32.4 Å². The van der Waals surface area contributed by atoms with Crippen LogP contribution in [0.4, 0.5) is 0 Å². The van der Waals surface area contributed by atoms with Crippen molar-refractivity contribution in [3.8, 4) is 0 Å². The summed E-state index contributed by atoms with van der Waals surface area (Å²) < 4.78 is 0. The van der Waals surface area contributed by atoms with Crippen molar-refractivity contribution in [2.24, 2.45) is 16.8 Å². The van der Waals surface area contributed by atoms with Crippen molar-refractivity contribution in [2.75, 3.05) is 0 Å². The van der Waals surface area contributed by atoms with Crippen LogP contribution in [0.25, 0.3) is 0 Å². The lowest BCUT2D eigenvalue weighted by Gasteiger charge is -2.19. The molecule has 0 aliphatic carbocycles. The first-order chi connectivity index (χ1) is 6.09. The summed E-state index contributed by atoms with van der Waals surface area (Å²) >= 11 is 0. The molecule has 0 bridgehead atoms. The Kier molecular flexibility index (Phi) is 3.71. The Morgan fingerprint density at radius 2 is 2.08 bits per heavy atom. The average Bonchev–Trinajstić information content (AvgIpc) is 1.99. The van der Waals surface area contributed by atoms with Gasteiger partial charge in [0.1, 0.15) is 0 Å². The lowest BCUT2D eigenvalue weighted by atomic mass is 9.89. The van der Waals surface area contributed by atoms with Crippen LogP contribution in [-0.4, -0.2) is 12.3 Å². The Morgan fingerprint density at radius 1 is 1.38 bits per heavy atom. The maximum Gasteiger partial charge on any atom is 0.0650 e. The molecule has 0 radical (unpaired) electrons. The topological polar surface area (TPSA) is 12.4 Å². The third kappa shape index (κ3) is 3.33. The minimum absolute atomic E-state index is 0.380. The van der Waals surface area contributed by atoms with Crippen LogP contribution in [0.3, 0.4) is 0 Å². The summed E-state index contributed by atoms with van der Waals surface area (Å²) in [7, 11) is 0. The Hall–Kier alpha value is -0.590. The van der Waals surface area contributed by atoms with E-state index in [4.69, 9.17) is 0 Å². The second-order valence-corrected chi connectivity index (χ2v) is 4.51. The summed E-state index contributed by atoms with van der Waals surface area (Å²) in [6, 6.07) is 0.380. The fourth-order valence-electron chi connectivity index (χ4n) is 1.74. The first-order valence-electron chi connectivity index (χ1n) is 5.31. The molecule has 2 unspecified atom stereocenters. The highest BCUT2D eigenvalue weighted by Crippen LogP contribution is 2.23. The van der Waals surface area contributed by atoms with Gasteiger partial charge < -0.3 is 0 Å². The first-order valence-corrected chi connectivity index (χ1v) is 5.31. The molecule has 0 aromatic carbocycles. The van der Waals surface area contributed by atoms with Gasteiger partial charge in [0.2, 0.25) is 0 Å². The van der Waals surface area contributed by atoms with Gasteiger partial charge in [-0.05, 0) is 37.8 Å². The van der Waals surface area contributed by atoms with Crippen molar-refractivity contribution < 1.29 is 0 Å². The summed E-state index contributed by atoms with van der Waals surface area (Å²) in [5, 5.41) is 0. The molecule has 2 atom stereocenters. The third-order valence-electron chi connectivity index (χ3n) is 2.63. The molecule has 13 heavy (non-hydrogen) atoms. The average molecular weight is 179 g/mol. The summed E-state index contributed by atoms with van der Waals surface area (Å²) in [6.45, 7) is 9.01. The van der Waals surface area contributed by atoms with Crippen LogP contribution in [0.5, 0.6) is 0 Å². The summed E-state index contributed by atoms with van der Waals surface area (Å²) in [5.74, 6) is 1.43. The van der Waals surface area contributed by atoms with E-state index in [1.807, 2.05) is 0 Å². The zero-order valence-corrected chi connectivity index (χ0v) is 9.25. The van der Waals surface area contributed by atoms with Crippen LogP contribution in [0.15, 0.2) is 16.6 Å². The van der Waals surface area contributed by atoms with Gasteiger partial charge in [-0.2, -0.15) is 0 Å². The number of allylic oxidation sites excluding steroid dienone is 1. The van der Waals surface area contributed by atoms with Crippen molar-refractivity contribution in [1.82, 2.24) is 0 Å². The Bertz CT molecular complexity index is 213. The number of hydrogen-bond donors (Lipinski definition) is 0. The summed E-state index contributed by atoms with van der Waals surface area (Å²) in [4.78, 5) is 4.47. The molecule has 0 saturated carbocycles. The predicted molar refractivity (Wildman–Crippen MR) is 59.3 cm³/mol. The van der Waals surface area contributed by atoms with Gasteiger partial charge in [-0.15, -0.1) is 0 Å². The standard InChI is InChI=1S/C12H21N/c1-9(2)12-7-10(3)5-6-13-11(4)8-12/h6,8-11H,5,7H2,1-4H3/b12-8+,13-6?. The Labute approximate surface area is 82.0 Å². The molecule has 0 amide bonds. The van der Waals surface area contributed by atoms with Gasteiger partial charge in [0.05, 0.1) is 6.04 Å². The second kappa shape index (κ2) is 4.59. The molecule has 74 valence electrons. The van der Waals surface area contributed by atoms with Gasteiger partial charge >= 0.3 is 0 Å². The molecule has 1 aliphatic heterocycles. The molecular weight excluding hydrogens is 158 g/mol. The van der Waals surface area contributed by atoms with Gasteiger partial charge in [0.25, 0.3) is 0 Å². The molecule has 1 rings (SSSR count). The molecule has 0 spiro atoms. The molecule has 1 heterocycles. The minimum atomic E-state index is 0.380. The normalized spacial score (nSPS) is 33.8. The zero-order valence-electron chi connectivity index (χ0n) is 9.25. The monoisotopic (exact) mass is 179 g/mol. The molecular formula is C12H21N. The van der Waals surface area contributed by atoms with Crippen LogP contribution >= 0.6 is 0 Å². The minimum Gasteiger partial charge on any atom is -0.290 e. The Morgan fingerprint density at radius 3 is 2.69 bits per heavy atom. The zero-order chi connectivity index (χ0) is 9.84. The summed E-state index contributed by atoms with van der Waals surface area (Å²) in [6.07, 6.45) is 6.79. The molecule has 0 fully saturated rings. The van der Waals surface area contributed by atoms with E-state index in [0.717, 1.165) is 12.3 Å². The van der Waals surface area contributed by atoms with E-state index in [1.165, 1.54) is 6.42 Å². The largest absolute Gasteiger partial charge is 0.290 e. The number of aliphatic imine (C=N–C) groups is 1. The molecule has 0 aromatic heterocycles. The number of nitrogens with zero attached hydrogens (tertiary/aromatic N) is 1. The van der Waals surface area contributed by atoms with E-state index in [-0.39, 0.29) is 0 Å². The van der Waals surface area contributed by atoms with Crippen LogP contribution in [0.2, 0.25) is 0 Å². The van der Waals surface area contributed by atoms with Gasteiger partial charge in [-0.25, -0.2) is 0 Å². The van der Waals surface area contributed by atoms with E-state index in [0.29, 0.717) is 12.0 Å². The fraction of sp³-hybridized carbons (Fsp3) is 0.750. The van der Waals surface area contributed by atoms with Crippen molar-refractivity contribution in [2.45, 2.75) is 46.6 Å². The molecule has 0 N–H and O–H groups in total. The van der Waals surface area contributed by atoms with Crippen molar-refractivity contribution in [3.05, 3.63) is 11.6 Å². The third-order valence-corrected chi connectivity index (χ3v) is 2.63. The maximum absolute atomic E-state index is 4.47. The van der Waals surface area contributed by atoms with E-state index in [2.05, 4.69) is 45.0 Å². The van der Waals surface area contributed by atoms with E-state index in [1.54, 1.807) is 5.57 Å². The first kappa shape index (κ1) is 10.5. The molecule has 0 saturated heterocycles. The lowest BCUT2D eigenvalue weighted by Crippen LogP contribution is -2.09. The highest BCUT2D eigenvalue weighted by atomic mass is 14.7. The highest BCUT2D eigenvalue weighted by molar-refractivity contribution is 5.58. The van der Waals surface area contributed by atoms with Gasteiger partial charge in [-0.3, -0.25) is 4.99 Å². The maximum atomic E-state index is 4.47. The van der Waals surface area contributed by atoms with Crippen LogP contribution in [0, 0.1) is 11.8 Å². The molecule has 0 aromatic rings. The highest BCUT2D eigenvalue weighted by Gasteiger charge is 2.11. The lowest BCUT2D eigenvalue weighted by molar-refractivity contribution is 0.552. The van der Waals surface area contributed by atoms with Crippen molar-refractivity contribution in [3.63, 3.8) is 0 Å². The SMILES string of the molecule is CC1CC=NC(C)/C=C(/C(C)C)C1. The molecule has 1 nitrogen and oxygen atoms in total. The van der Waals surface area contributed by atoms with Crippen molar-refractivity contribution >= 4 is 6.21 Å². The van der Waals surface area contributed by atoms with Crippen LogP contribution in [0.1, 0.15) is 40.5 Å². The number of hydrogen-bond acceptors (Lipinski definition) is 1. The van der Waals surface area contributed by atoms with E-state index < -0.39 is 0 Å². The second-order valence-electron chi connectivity index (χ2n) is 4.51. The Balaban J connectivity index is 2.76. The molecule has 1 heteroatoms. The predicted octanol–water partition coefficient (Wildman–Crippen LogP) is 3.46. The van der Waals surface area contributed by atoms with E-state index >= 15 is 0 Å². The fourth-order valence-corrected chi connectivity index (χ4v) is 1.74. The van der Waals surface area contributed by atoms with Gasteiger partial charge in [0.15, 0.2) is 0 Å². The summed E-state index contributed by atoms with van der Waals surface area (Å²) in [5.41, 5.74) is 1.58. The molecule has 1 aliphatic rings. The quantitative estimate of drug-likeness (QED) is 0.547. The van der Waals surface area contributed by atoms with Gasteiger partial charge in [0, 0.05) is 0 Å².